The summed E-state index contributed by atoms with van der Waals surface area (Å²) < 4.78 is 0. The number of hydrogen-bond donors (Lipinski definition) is 2. The number of aryl methyl sites for hydroxylation is 2. The number of nitrogens with zero attached hydrogens (tertiary/aromatic N) is 1. The smallest absolute Gasteiger partial charge is 0.274 e. The van der Waals surface area contributed by atoms with Crippen molar-refractivity contribution < 1.29 is 4.79 Å². The second-order valence-electron chi connectivity index (χ2n) is 5.89. The highest BCUT2D eigenvalue weighted by Gasteiger charge is 2.10. The molecule has 0 fully saturated rings. The molecule has 4 heteroatoms. The Morgan fingerprint density at radius 3 is 2.60 bits per heavy atom. The molecule has 0 unspecified atom stereocenters. The van der Waals surface area contributed by atoms with Crippen LogP contribution in [0.3, 0.4) is 0 Å². The van der Waals surface area contributed by atoms with Gasteiger partial charge in [-0.3, -0.25) is 9.78 Å². The monoisotopic (exact) mass is 331 g/mol. The molecule has 0 bridgehead atoms. The molecule has 1 amide bonds. The second-order valence-corrected chi connectivity index (χ2v) is 5.89. The van der Waals surface area contributed by atoms with Crippen molar-refractivity contribution in [3.8, 4) is 0 Å². The molecule has 1 aromatic heterocycles. The number of para-hydroxylation sites is 1. The minimum atomic E-state index is -0.214. The molecule has 1 heterocycles. The van der Waals surface area contributed by atoms with E-state index in [2.05, 4.69) is 28.6 Å². The van der Waals surface area contributed by atoms with Crippen LogP contribution < -0.4 is 10.6 Å². The van der Waals surface area contributed by atoms with E-state index in [1.54, 1.807) is 12.3 Å². The number of benzene rings is 2. The Kier molecular flexibility index (Phi) is 5.09. The lowest BCUT2D eigenvalue weighted by molar-refractivity contribution is 0.102. The summed E-state index contributed by atoms with van der Waals surface area (Å²) in [6, 6.07) is 19.5. The van der Waals surface area contributed by atoms with Crippen molar-refractivity contribution in [2.75, 3.05) is 10.6 Å². The molecule has 3 aromatic rings. The van der Waals surface area contributed by atoms with Crippen molar-refractivity contribution in [1.82, 2.24) is 4.98 Å². The van der Waals surface area contributed by atoms with E-state index in [0.717, 1.165) is 29.0 Å². The maximum absolute atomic E-state index is 12.5. The molecule has 0 aliphatic rings. The first-order valence-corrected chi connectivity index (χ1v) is 8.34. The van der Waals surface area contributed by atoms with Crippen LogP contribution in [0.15, 0.2) is 66.9 Å². The topological polar surface area (TPSA) is 54.0 Å². The molecule has 25 heavy (non-hydrogen) atoms. The van der Waals surface area contributed by atoms with Gasteiger partial charge in [-0.25, -0.2) is 0 Å². The molecule has 2 aromatic carbocycles. The fraction of sp³-hybridized carbons (Fsp3) is 0.143. The lowest BCUT2D eigenvalue weighted by Gasteiger charge is -2.11. The minimum absolute atomic E-state index is 0.214. The van der Waals surface area contributed by atoms with Crippen LogP contribution >= 0.6 is 0 Å². The zero-order valence-electron chi connectivity index (χ0n) is 14.4. The molecule has 0 atom stereocenters. The minimum Gasteiger partial charge on any atom is -0.355 e. The Hall–Kier alpha value is -3.14. The van der Waals surface area contributed by atoms with Crippen molar-refractivity contribution in [2.24, 2.45) is 0 Å². The predicted molar refractivity (Wildman–Crippen MR) is 102 cm³/mol. The van der Waals surface area contributed by atoms with Gasteiger partial charge in [0.1, 0.15) is 5.69 Å². The fourth-order valence-corrected chi connectivity index (χ4v) is 2.66. The van der Waals surface area contributed by atoms with Crippen LogP contribution in [0, 0.1) is 6.92 Å². The van der Waals surface area contributed by atoms with Gasteiger partial charge in [0.05, 0.1) is 0 Å². The first kappa shape index (κ1) is 16.7. The predicted octanol–water partition coefficient (Wildman–Crippen LogP) is 4.95. The first-order valence-electron chi connectivity index (χ1n) is 8.34. The number of nitrogens with one attached hydrogen (secondary N) is 2. The molecule has 0 saturated heterocycles. The summed E-state index contributed by atoms with van der Waals surface area (Å²) in [6.07, 6.45) is 2.50. The Labute approximate surface area is 147 Å². The number of rotatable bonds is 5. The first-order chi connectivity index (χ1) is 12.2. The summed E-state index contributed by atoms with van der Waals surface area (Å²) in [5.74, 6) is -0.214. The number of aromatic nitrogens is 1. The van der Waals surface area contributed by atoms with E-state index in [4.69, 9.17) is 0 Å². The van der Waals surface area contributed by atoms with Crippen LogP contribution in [0.4, 0.5) is 17.1 Å². The average Bonchev–Trinajstić information content (AvgIpc) is 2.62. The normalized spacial score (nSPS) is 10.3. The fourth-order valence-electron chi connectivity index (χ4n) is 2.66. The molecule has 0 aliphatic carbocycles. The number of pyridine rings is 1. The highest BCUT2D eigenvalue weighted by atomic mass is 16.1. The van der Waals surface area contributed by atoms with Gasteiger partial charge in [0.15, 0.2) is 0 Å². The van der Waals surface area contributed by atoms with Crippen LogP contribution in [0.5, 0.6) is 0 Å². The van der Waals surface area contributed by atoms with Crippen molar-refractivity contribution in [3.05, 3.63) is 83.7 Å². The third-order valence-corrected chi connectivity index (χ3v) is 3.95. The van der Waals surface area contributed by atoms with Crippen LogP contribution in [0.25, 0.3) is 0 Å². The van der Waals surface area contributed by atoms with Crippen LogP contribution in [-0.2, 0) is 6.42 Å². The van der Waals surface area contributed by atoms with E-state index in [1.165, 1.54) is 5.56 Å². The Morgan fingerprint density at radius 2 is 1.80 bits per heavy atom. The number of anilines is 3. The molecule has 2 N–H and O–H groups in total. The highest BCUT2D eigenvalue weighted by Crippen LogP contribution is 2.19. The number of carbonyl (C=O) groups is 1. The van der Waals surface area contributed by atoms with E-state index in [9.17, 15) is 4.79 Å². The third kappa shape index (κ3) is 4.23. The maximum Gasteiger partial charge on any atom is 0.274 e. The summed E-state index contributed by atoms with van der Waals surface area (Å²) in [7, 11) is 0. The van der Waals surface area contributed by atoms with Gasteiger partial charge in [-0.2, -0.15) is 0 Å². The zero-order chi connectivity index (χ0) is 17.6. The molecular weight excluding hydrogens is 310 g/mol. The number of carbonyl (C=O) groups excluding carboxylic acids is 1. The largest absolute Gasteiger partial charge is 0.355 e. The zero-order valence-corrected chi connectivity index (χ0v) is 14.4. The summed E-state index contributed by atoms with van der Waals surface area (Å²) >= 11 is 0. The quantitative estimate of drug-likeness (QED) is 0.695. The van der Waals surface area contributed by atoms with E-state index < -0.39 is 0 Å². The summed E-state index contributed by atoms with van der Waals surface area (Å²) in [6.45, 7) is 4.11. The van der Waals surface area contributed by atoms with Crippen LogP contribution in [-0.4, -0.2) is 10.9 Å². The van der Waals surface area contributed by atoms with Crippen LogP contribution in [0.1, 0.15) is 28.5 Å². The molecule has 3 rings (SSSR count). The lowest BCUT2D eigenvalue weighted by Crippen LogP contribution is -2.15. The molecule has 0 spiro atoms. The SMILES string of the molecule is CCc1ccccc1NC(=O)c1cc(Nc2cccc(C)c2)ccn1. The number of hydrogen-bond acceptors (Lipinski definition) is 3. The Bertz CT molecular complexity index is 890. The van der Waals surface area contributed by atoms with Gasteiger partial charge in [0.25, 0.3) is 5.91 Å². The second kappa shape index (κ2) is 7.62. The van der Waals surface area contributed by atoms with E-state index >= 15 is 0 Å². The van der Waals surface area contributed by atoms with Crippen molar-refractivity contribution in [1.29, 1.82) is 0 Å². The van der Waals surface area contributed by atoms with Gasteiger partial charge in [-0.1, -0.05) is 37.3 Å². The molecule has 0 radical (unpaired) electrons. The van der Waals surface area contributed by atoms with Crippen LogP contribution in [0.2, 0.25) is 0 Å². The molecule has 0 aliphatic heterocycles. The van der Waals surface area contributed by atoms with E-state index in [0.29, 0.717) is 5.69 Å². The van der Waals surface area contributed by atoms with Crippen molar-refractivity contribution >= 4 is 23.0 Å². The third-order valence-electron chi connectivity index (χ3n) is 3.95. The summed E-state index contributed by atoms with van der Waals surface area (Å²) in [4.78, 5) is 16.7. The van der Waals surface area contributed by atoms with Gasteiger partial charge in [-0.05, 0) is 54.8 Å². The molecule has 4 nitrogen and oxygen atoms in total. The van der Waals surface area contributed by atoms with Crippen molar-refractivity contribution in [2.45, 2.75) is 20.3 Å². The van der Waals surface area contributed by atoms with Gasteiger partial charge in [0.2, 0.25) is 0 Å². The van der Waals surface area contributed by atoms with Gasteiger partial charge in [0, 0.05) is 23.3 Å². The summed E-state index contributed by atoms with van der Waals surface area (Å²) in [5, 5.41) is 6.26. The van der Waals surface area contributed by atoms with Crippen molar-refractivity contribution in [3.63, 3.8) is 0 Å². The van der Waals surface area contributed by atoms with Gasteiger partial charge < -0.3 is 10.6 Å². The number of amides is 1. The summed E-state index contributed by atoms with van der Waals surface area (Å²) in [5.41, 5.74) is 5.29. The standard InChI is InChI=1S/C21H21N3O/c1-3-16-8-4-5-10-19(16)24-21(25)20-14-18(11-12-22-20)23-17-9-6-7-15(2)13-17/h4-14H,3H2,1-2H3,(H,22,23)(H,24,25). The lowest BCUT2D eigenvalue weighted by atomic mass is 10.1. The Morgan fingerprint density at radius 1 is 1.00 bits per heavy atom. The van der Waals surface area contributed by atoms with Gasteiger partial charge >= 0.3 is 0 Å². The highest BCUT2D eigenvalue weighted by molar-refractivity contribution is 6.03. The Balaban J connectivity index is 1.77. The molecular formula is C21H21N3O. The molecule has 126 valence electrons. The van der Waals surface area contributed by atoms with E-state index in [1.807, 2.05) is 55.5 Å². The molecule has 0 saturated carbocycles. The van der Waals surface area contributed by atoms with Gasteiger partial charge in [-0.15, -0.1) is 0 Å². The average molecular weight is 331 g/mol. The van der Waals surface area contributed by atoms with E-state index in [-0.39, 0.29) is 5.91 Å². The maximum atomic E-state index is 12.5.